The molecular weight excluding hydrogens is 192 g/mol. The molecule has 4 N–H and O–H groups in total. The fraction of sp³-hybridized carbons (Fsp3) is 0.909. The van der Waals surface area contributed by atoms with E-state index in [1.807, 2.05) is 13.8 Å². The maximum absolute atomic E-state index is 11.6. The Morgan fingerprint density at radius 3 is 2.60 bits per heavy atom. The summed E-state index contributed by atoms with van der Waals surface area (Å²) in [5.41, 5.74) is 5.52. The highest BCUT2D eigenvalue weighted by Crippen LogP contribution is 2.05. The number of aliphatic hydroxyl groups is 1. The van der Waals surface area contributed by atoms with Crippen molar-refractivity contribution < 1.29 is 9.90 Å². The van der Waals surface area contributed by atoms with Crippen molar-refractivity contribution in [1.82, 2.24) is 5.32 Å². The third kappa shape index (κ3) is 6.47. The van der Waals surface area contributed by atoms with Crippen LogP contribution in [-0.2, 0) is 4.79 Å². The summed E-state index contributed by atoms with van der Waals surface area (Å²) in [6.45, 7) is 5.26. The van der Waals surface area contributed by atoms with Crippen LogP contribution in [0.1, 0.15) is 33.1 Å². The molecule has 0 bridgehead atoms. The number of carbonyl (C=O) groups excluding carboxylic acids is 1. The summed E-state index contributed by atoms with van der Waals surface area (Å²) in [6.07, 6.45) is 2.54. The maximum Gasteiger partial charge on any atom is 0.224 e. The number of nitrogens with two attached hydrogens (primary N) is 1. The molecule has 0 spiro atoms. The molecule has 0 aliphatic heterocycles. The Morgan fingerprint density at radius 2 is 2.13 bits per heavy atom. The Balaban J connectivity index is 3.79. The Kier molecular flexibility index (Phi) is 8.33. The molecule has 0 radical (unpaired) electrons. The highest BCUT2D eigenvalue weighted by Gasteiger charge is 2.15. The van der Waals surface area contributed by atoms with Crippen molar-refractivity contribution in [2.75, 3.05) is 19.7 Å². The third-order valence-electron chi connectivity index (χ3n) is 2.54. The van der Waals surface area contributed by atoms with Gasteiger partial charge in [-0.05, 0) is 18.8 Å². The average molecular weight is 216 g/mol. The fourth-order valence-corrected chi connectivity index (χ4v) is 1.45. The lowest BCUT2D eigenvalue weighted by atomic mass is 10.0. The van der Waals surface area contributed by atoms with E-state index in [-0.39, 0.29) is 18.4 Å². The van der Waals surface area contributed by atoms with Gasteiger partial charge in [-0.15, -0.1) is 0 Å². The van der Waals surface area contributed by atoms with Crippen molar-refractivity contribution in [3.63, 3.8) is 0 Å². The standard InChI is InChI=1S/C11H24N2O2/c1-3-4-10(7-12)11(15)13-8-9(2)5-6-14/h9-10,14H,3-8,12H2,1-2H3,(H,13,15). The van der Waals surface area contributed by atoms with Gasteiger partial charge < -0.3 is 16.2 Å². The quantitative estimate of drug-likeness (QED) is 0.553. The summed E-state index contributed by atoms with van der Waals surface area (Å²) in [4.78, 5) is 11.6. The summed E-state index contributed by atoms with van der Waals surface area (Å²) in [5.74, 6) is 0.305. The second kappa shape index (κ2) is 8.68. The van der Waals surface area contributed by atoms with Crippen LogP contribution in [0.5, 0.6) is 0 Å². The molecule has 1 amide bonds. The molecule has 0 aromatic rings. The largest absolute Gasteiger partial charge is 0.396 e. The maximum atomic E-state index is 11.6. The predicted octanol–water partition coefficient (Wildman–Crippen LogP) is 0.496. The number of nitrogens with one attached hydrogen (secondary N) is 1. The molecule has 0 aliphatic carbocycles. The van der Waals surface area contributed by atoms with Gasteiger partial charge in [0.15, 0.2) is 0 Å². The lowest BCUT2D eigenvalue weighted by Crippen LogP contribution is -2.37. The molecule has 15 heavy (non-hydrogen) atoms. The van der Waals surface area contributed by atoms with Gasteiger partial charge in [0.25, 0.3) is 0 Å². The summed E-state index contributed by atoms with van der Waals surface area (Å²) in [7, 11) is 0. The SMILES string of the molecule is CCCC(CN)C(=O)NCC(C)CCO. The molecule has 0 fully saturated rings. The molecule has 4 nitrogen and oxygen atoms in total. The van der Waals surface area contributed by atoms with E-state index < -0.39 is 0 Å². The highest BCUT2D eigenvalue weighted by atomic mass is 16.3. The number of hydrogen-bond acceptors (Lipinski definition) is 3. The van der Waals surface area contributed by atoms with Gasteiger partial charge in [-0.2, -0.15) is 0 Å². The first kappa shape index (κ1) is 14.4. The predicted molar refractivity (Wildman–Crippen MR) is 61.3 cm³/mol. The van der Waals surface area contributed by atoms with Crippen LogP contribution < -0.4 is 11.1 Å². The lowest BCUT2D eigenvalue weighted by molar-refractivity contribution is -0.125. The van der Waals surface area contributed by atoms with Gasteiger partial charge in [0.05, 0.1) is 5.92 Å². The molecule has 0 rings (SSSR count). The van der Waals surface area contributed by atoms with Gasteiger partial charge in [0.1, 0.15) is 0 Å². The van der Waals surface area contributed by atoms with Gasteiger partial charge >= 0.3 is 0 Å². The topological polar surface area (TPSA) is 75.4 Å². The molecule has 0 aliphatic rings. The summed E-state index contributed by atoms with van der Waals surface area (Å²) in [5, 5.41) is 11.6. The molecule has 0 saturated heterocycles. The van der Waals surface area contributed by atoms with Gasteiger partial charge in [-0.1, -0.05) is 20.3 Å². The minimum absolute atomic E-state index is 0.0455. The van der Waals surface area contributed by atoms with E-state index >= 15 is 0 Å². The van der Waals surface area contributed by atoms with Crippen LogP contribution in [0.15, 0.2) is 0 Å². The van der Waals surface area contributed by atoms with E-state index in [9.17, 15) is 4.79 Å². The number of aliphatic hydroxyl groups excluding tert-OH is 1. The van der Waals surface area contributed by atoms with Crippen molar-refractivity contribution in [2.24, 2.45) is 17.6 Å². The van der Waals surface area contributed by atoms with Crippen molar-refractivity contribution in [3.8, 4) is 0 Å². The molecule has 0 aromatic heterocycles. The smallest absolute Gasteiger partial charge is 0.224 e. The van der Waals surface area contributed by atoms with Crippen LogP contribution in [0, 0.1) is 11.8 Å². The number of hydrogen-bond donors (Lipinski definition) is 3. The zero-order chi connectivity index (χ0) is 11.7. The Morgan fingerprint density at radius 1 is 1.47 bits per heavy atom. The van der Waals surface area contributed by atoms with Crippen LogP contribution >= 0.6 is 0 Å². The first-order valence-electron chi connectivity index (χ1n) is 5.74. The fourth-order valence-electron chi connectivity index (χ4n) is 1.45. The Bertz CT molecular complexity index is 174. The second-order valence-electron chi connectivity index (χ2n) is 4.08. The molecular formula is C11H24N2O2. The molecule has 0 saturated carbocycles. The number of carbonyl (C=O) groups is 1. The minimum Gasteiger partial charge on any atom is -0.396 e. The van der Waals surface area contributed by atoms with Crippen LogP contribution in [-0.4, -0.2) is 30.7 Å². The normalized spacial score (nSPS) is 14.7. The van der Waals surface area contributed by atoms with Crippen LogP contribution in [0.4, 0.5) is 0 Å². The number of amides is 1. The average Bonchev–Trinajstić information content (AvgIpc) is 2.23. The van der Waals surface area contributed by atoms with Gasteiger partial charge in [-0.3, -0.25) is 4.79 Å². The van der Waals surface area contributed by atoms with E-state index in [1.54, 1.807) is 0 Å². The van der Waals surface area contributed by atoms with E-state index in [4.69, 9.17) is 10.8 Å². The van der Waals surface area contributed by atoms with Crippen LogP contribution in [0.25, 0.3) is 0 Å². The lowest BCUT2D eigenvalue weighted by Gasteiger charge is -2.16. The van der Waals surface area contributed by atoms with Crippen LogP contribution in [0.2, 0.25) is 0 Å². The zero-order valence-corrected chi connectivity index (χ0v) is 9.83. The zero-order valence-electron chi connectivity index (χ0n) is 9.83. The molecule has 2 atom stereocenters. The first-order chi connectivity index (χ1) is 7.15. The number of rotatable bonds is 8. The molecule has 0 aromatic carbocycles. The Labute approximate surface area is 92.2 Å². The van der Waals surface area contributed by atoms with Gasteiger partial charge in [0, 0.05) is 19.7 Å². The third-order valence-corrected chi connectivity index (χ3v) is 2.54. The summed E-state index contributed by atoms with van der Waals surface area (Å²) in [6, 6.07) is 0. The van der Waals surface area contributed by atoms with E-state index in [1.165, 1.54) is 0 Å². The van der Waals surface area contributed by atoms with E-state index in [0.29, 0.717) is 19.0 Å². The minimum atomic E-state index is -0.0590. The molecule has 90 valence electrons. The van der Waals surface area contributed by atoms with Crippen molar-refractivity contribution >= 4 is 5.91 Å². The molecule has 0 heterocycles. The monoisotopic (exact) mass is 216 g/mol. The first-order valence-corrected chi connectivity index (χ1v) is 5.74. The molecule has 2 unspecified atom stereocenters. The summed E-state index contributed by atoms with van der Waals surface area (Å²) >= 11 is 0. The Hall–Kier alpha value is -0.610. The summed E-state index contributed by atoms with van der Waals surface area (Å²) < 4.78 is 0. The van der Waals surface area contributed by atoms with Crippen molar-refractivity contribution in [2.45, 2.75) is 33.1 Å². The van der Waals surface area contributed by atoms with Crippen molar-refractivity contribution in [1.29, 1.82) is 0 Å². The second-order valence-corrected chi connectivity index (χ2v) is 4.08. The van der Waals surface area contributed by atoms with Gasteiger partial charge in [0.2, 0.25) is 5.91 Å². The van der Waals surface area contributed by atoms with Gasteiger partial charge in [-0.25, -0.2) is 0 Å². The molecule has 4 heteroatoms. The van der Waals surface area contributed by atoms with E-state index in [2.05, 4.69) is 5.32 Å². The van der Waals surface area contributed by atoms with Crippen molar-refractivity contribution in [3.05, 3.63) is 0 Å². The van der Waals surface area contributed by atoms with E-state index in [0.717, 1.165) is 19.3 Å². The highest BCUT2D eigenvalue weighted by molar-refractivity contribution is 5.78. The van der Waals surface area contributed by atoms with Crippen LogP contribution in [0.3, 0.4) is 0 Å².